The van der Waals surface area contributed by atoms with Gasteiger partial charge in [-0.25, -0.2) is 0 Å². The highest BCUT2D eigenvalue weighted by Gasteiger charge is 2.59. The van der Waals surface area contributed by atoms with Crippen LogP contribution in [-0.2, 0) is 5.41 Å². The Morgan fingerprint density at radius 3 is 2.68 bits per heavy atom. The monoisotopic (exact) mass is 307 g/mol. The molecule has 3 N–H and O–H groups in total. The number of β-amino-alcohol motifs (C(OH)–C–C–N with tert-alkyl or cyclic N) is 1. The second-order valence-corrected chi connectivity index (χ2v) is 6.88. The molecule has 0 bridgehead atoms. The number of methoxy groups -OCH3 is 1. The van der Waals surface area contributed by atoms with Gasteiger partial charge in [0.1, 0.15) is 5.75 Å². The van der Waals surface area contributed by atoms with E-state index in [0.29, 0.717) is 13.0 Å². The van der Waals surface area contributed by atoms with Gasteiger partial charge in [0.05, 0.1) is 24.9 Å². The number of benzene rings is 1. The van der Waals surface area contributed by atoms with Crippen LogP contribution in [0.5, 0.6) is 5.75 Å². The summed E-state index contributed by atoms with van der Waals surface area (Å²) in [4.78, 5) is 2.09. The molecular formula is C17H25NO4. The lowest BCUT2D eigenvalue weighted by Crippen LogP contribution is -2.68. The summed E-state index contributed by atoms with van der Waals surface area (Å²) in [7, 11) is 3.60. The molecule has 2 aliphatic rings. The minimum absolute atomic E-state index is 0.190. The van der Waals surface area contributed by atoms with Crippen molar-refractivity contribution < 1.29 is 20.1 Å². The number of hydrogen-bond donors (Lipinski definition) is 3. The second kappa shape index (κ2) is 5.49. The molecule has 1 aromatic rings. The van der Waals surface area contributed by atoms with Crippen molar-refractivity contribution in [3.8, 4) is 5.75 Å². The zero-order chi connectivity index (χ0) is 16.0. The predicted molar refractivity (Wildman–Crippen MR) is 83.0 cm³/mol. The third-order valence-corrected chi connectivity index (χ3v) is 5.51. The fraction of sp³-hybridized carbons (Fsp3) is 0.647. The van der Waals surface area contributed by atoms with Gasteiger partial charge in [-0.15, -0.1) is 0 Å². The number of hydrogen-bond acceptors (Lipinski definition) is 5. The van der Waals surface area contributed by atoms with E-state index in [4.69, 9.17) is 4.74 Å². The Kier molecular flexibility index (Phi) is 3.93. The van der Waals surface area contributed by atoms with Crippen LogP contribution in [0.1, 0.15) is 24.8 Å². The third-order valence-electron chi connectivity index (χ3n) is 5.51. The predicted octanol–water partition coefficient (Wildman–Crippen LogP) is 0.515. The molecule has 0 spiro atoms. The molecule has 3 rings (SSSR count). The smallest absolute Gasteiger partial charge is 0.119 e. The number of piperidine rings is 1. The van der Waals surface area contributed by atoms with Crippen molar-refractivity contribution in [2.75, 3.05) is 27.2 Å². The first-order valence-electron chi connectivity index (χ1n) is 7.82. The lowest BCUT2D eigenvalue weighted by atomic mass is 9.55. The van der Waals surface area contributed by atoms with Gasteiger partial charge in [0, 0.05) is 18.4 Å². The summed E-state index contributed by atoms with van der Waals surface area (Å²) in [5, 5.41) is 31.7. The maximum absolute atomic E-state index is 11.4. The van der Waals surface area contributed by atoms with Crippen LogP contribution in [-0.4, -0.2) is 65.3 Å². The van der Waals surface area contributed by atoms with E-state index in [1.807, 2.05) is 31.3 Å². The number of nitrogens with zero attached hydrogens (tertiary/aromatic N) is 1. The van der Waals surface area contributed by atoms with Crippen molar-refractivity contribution in [1.82, 2.24) is 4.90 Å². The van der Waals surface area contributed by atoms with E-state index < -0.39 is 23.2 Å². The quantitative estimate of drug-likeness (QED) is 0.743. The van der Waals surface area contributed by atoms with E-state index in [-0.39, 0.29) is 6.42 Å². The van der Waals surface area contributed by atoms with Crippen molar-refractivity contribution in [3.05, 3.63) is 29.8 Å². The van der Waals surface area contributed by atoms with Crippen molar-refractivity contribution in [1.29, 1.82) is 0 Å². The van der Waals surface area contributed by atoms with Crippen molar-refractivity contribution in [2.45, 2.75) is 42.5 Å². The van der Waals surface area contributed by atoms with Gasteiger partial charge in [-0.3, -0.25) is 0 Å². The maximum atomic E-state index is 11.4. The Hall–Kier alpha value is -1.14. The average molecular weight is 307 g/mol. The largest absolute Gasteiger partial charge is 0.497 e. The molecule has 1 saturated heterocycles. The van der Waals surface area contributed by atoms with Crippen molar-refractivity contribution in [2.24, 2.45) is 0 Å². The molecule has 5 heteroatoms. The van der Waals surface area contributed by atoms with Gasteiger partial charge in [0.15, 0.2) is 0 Å². The van der Waals surface area contributed by atoms with Crippen LogP contribution in [0.25, 0.3) is 0 Å². The summed E-state index contributed by atoms with van der Waals surface area (Å²) in [6.07, 6.45) is -0.386. The standard InChI is InChI=1S/C17H25NO4/c1-18-7-6-16(12-4-3-5-13(8-12)22-2)9-14(19)15(20)10-17(16,21)11-18/h3-5,8,14-15,19-21H,6-7,9-11H2,1-2H3/t14?,15?,16-,17-/m1/s1. The highest BCUT2D eigenvalue weighted by atomic mass is 16.5. The Bertz CT molecular complexity index is 551. The maximum Gasteiger partial charge on any atom is 0.119 e. The summed E-state index contributed by atoms with van der Waals surface area (Å²) < 4.78 is 5.32. The summed E-state index contributed by atoms with van der Waals surface area (Å²) >= 11 is 0. The molecule has 22 heavy (non-hydrogen) atoms. The van der Waals surface area contributed by atoms with E-state index in [0.717, 1.165) is 24.3 Å². The van der Waals surface area contributed by atoms with E-state index in [1.54, 1.807) is 7.11 Å². The Balaban J connectivity index is 2.09. The minimum atomic E-state index is -1.05. The van der Waals surface area contributed by atoms with Crippen LogP contribution in [0.4, 0.5) is 0 Å². The highest BCUT2D eigenvalue weighted by Crippen LogP contribution is 2.51. The molecule has 1 heterocycles. The number of aliphatic hydroxyl groups excluding tert-OH is 2. The number of likely N-dealkylation sites (N-methyl/N-ethyl adjacent to an activating group) is 1. The molecule has 2 fully saturated rings. The highest BCUT2D eigenvalue weighted by molar-refractivity contribution is 5.39. The van der Waals surface area contributed by atoms with Gasteiger partial charge in [0.25, 0.3) is 0 Å². The van der Waals surface area contributed by atoms with Crippen LogP contribution in [0.2, 0.25) is 0 Å². The second-order valence-electron chi connectivity index (χ2n) is 6.88. The molecule has 122 valence electrons. The van der Waals surface area contributed by atoms with E-state index in [2.05, 4.69) is 4.90 Å². The van der Waals surface area contributed by atoms with Gasteiger partial charge in [-0.1, -0.05) is 12.1 Å². The van der Waals surface area contributed by atoms with Gasteiger partial charge < -0.3 is 25.0 Å². The molecule has 2 unspecified atom stereocenters. The summed E-state index contributed by atoms with van der Waals surface area (Å²) in [6.45, 7) is 1.34. The van der Waals surface area contributed by atoms with E-state index in [1.165, 1.54) is 0 Å². The number of ether oxygens (including phenoxy) is 1. The molecule has 0 aromatic heterocycles. The molecule has 1 aromatic carbocycles. The molecule has 1 aliphatic carbocycles. The fourth-order valence-corrected chi connectivity index (χ4v) is 4.27. The van der Waals surface area contributed by atoms with E-state index >= 15 is 0 Å². The van der Waals surface area contributed by atoms with Crippen LogP contribution >= 0.6 is 0 Å². The molecule has 5 nitrogen and oxygen atoms in total. The van der Waals surface area contributed by atoms with Crippen LogP contribution in [0, 0.1) is 0 Å². The first-order valence-corrected chi connectivity index (χ1v) is 7.82. The number of likely N-dealkylation sites (tertiary alicyclic amines) is 1. The lowest BCUT2D eigenvalue weighted by Gasteiger charge is -2.58. The number of aliphatic hydroxyl groups is 3. The zero-order valence-electron chi connectivity index (χ0n) is 13.2. The zero-order valence-corrected chi connectivity index (χ0v) is 13.2. The van der Waals surface area contributed by atoms with Gasteiger partial charge >= 0.3 is 0 Å². The van der Waals surface area contributed by atoms with Crippen LogP contribution in [0.3, 0.4) is 0 Å². The minimum Gasteiger partial charge on any atom is -0.497 e. The van der Waals surface area contributed by atoms with Crippen LogP contribution in [0.15, 0.2) is 24.3 Å². The summed E-state index contributed by atoms with van der Waals surface area (Å²) in [5.74, 6) is 0.744. The first kappa shape index (κ1) is 15.7. The Labute approximate surface area is 131 Å². The summed E-state index contributed by atoms with van der Waals surface area (Å²) in [6, 6.07) is 7.73. The third kappa shape index (κ3) is 2.33. The molecule has 1 aliphatic heterocycles. The SMILES string of the molecule is COc1cccc([C@]23CCN(C)C[C@]2(O)CC(O)C(O)C3)c1. The summed E-state index contributed by atoms with van der Waals surface area (Å²) in [5.41, 5.74) is -0.619. The van der Waals surface area contributed by atoms with Gasteiger partial charge in [-0.05, 0) is 44.1 Å². The first-order chi connectivity index (χ1) is 10.4. The fourth-order valence-electron chi connectivity index (χ4n) is 4.27. The average Bonchev–Trinajstić information content (AvgIpc) is 2.49. The lowest BCUT2D eigenvalue weighted by molar-refractivity contribution is -0.175. The van der Waals surface area contributed by atoms with Crippen LogP contribution < -0.4 is 4.74 Å². The van der Waals surface area contributed by atoms with Gasteiger partial charge in [0.2, 0.25) is 0 Å². The van der Waals surface area contributed by atoms with Crippen molar-refractivity contribution in [3.63, 3.8) is 0 Å². The van der Waals surface area contributed by atoms with Crippen molar-refractivity contribution >= 4 is 0 Å². The molecule has 4 atom stereocenters. The Morgan fingerprint density at radius 1 is 1.23 bits per heavy atom. The van der Waals surface area contributed by atoms with Gasteiger partial charge in [-0.2, -0.15) is 0 Å². The van der Waals surface area contributed by atoms with E-state index in [9.17, 15) is 15.3 Å². The normalized spacial score (nSPS) is 39.3. The molecule has 0 amide bonds. The molecular weight excluding hydrogens is 282 g/mol. The molecule has 0 radical (unpaired) electrons. The number of rotatable bonds is 2. The Morgan fingerprint density at radius 2 is 1.95 bits per heavy atom. The topological polar surface area (TPSA) is 73.2 Å². The number of fused-ring (bicyclic) bond motifs is 1. The molecule has 1 saturated carbocycles.